The summed E-state index contributed by atoms with van der Waals surface area (Å²) < 4.78 is 0. The van der Waals surface area contributed by atoms with Crippen LogP contribution in [-0.4, -0.2) is 23.5 Å². The highest BCUT2D eigenvalue weighted by molar-refractivity contribution is 5.19. The van der Waals surface area contributed by atoms with Gasteiger partial charge in [-0.25, -0.2) is 0 Å². The Morgan fingerprint density at radius 3 is 2.42 bits per heavy atom. The molecule has 2 nitrogen and oxygen atoms in total. The average molecular weight is 164 g/mol. The molecule has 2 heteroatoms. The van der Waals surface area contributed by atoms with E-state index in [0.717, 1.165) is 12.8 Å². The van der Waals surface area contributed by atoms with E-state index >= 15 is 0 Å². The standard InChI is InChI=1S/C10H16N2/c1-8(2)12-6-3-9(12)10(7-11)4-5-10/h8-9H,3-6H2,1-2H3. The lowest BCUT2D eigenvalue weighted by Gasteiger charge is -2.46. The molecule has 12 heavy (non-hydrogen) atoms. The van der Waals surface area contributed by atoms with Crippen molar-refractivity contribution in [1.29, 1.82) is 5.26 Å². The summed E-state index contributed by atoms with van der Waals surface area (Å²) in [6.45, 7) is 5.64. The van der Waals surface area contributed by atoms with Gasteiger partial charge in [-0.15, -0.1) is 0 Å². The maximum absolute atomic E-state index is 9.01. The smallest absolute Gasteiger partial charge is 0.0730 e. The lowest BCUT2D eigenvalue weighted by molar-refractivity contribution is 0.0234. The van der Waals surface area contributed by atoms with Gasteiger partial charge in [0.1, 0.15) is 0 Å². The van der Waals surface area contributed by atoms with Crippen LogP contribution in [0.1, 0.15) is 33.1 Å². The number of hydrogen-bond acceptors (Lipinski definition) is 2. The molecule has 0 radical (unpaired) electrons. The summed E-state index contributed by atoms with van der Waals surface area (Å²) in [7, 11) is 0. The lowest BCUT2D eigenvalue weighted by Crippen LogP contribution is -2.55. The molecule has 2 rings (SSSR count). The fourth-order valence-electron chi connectivity index (χ4n) is 2.27. The molecular weight excluding hydrogens is 148 g/mol. The summed E-state index contributed by atoms with van der Waals surface area (Å²) in [5.41, 5.74) is 0.0719. The number of nitrogens with zero attached hydrogens (tertiary/aromatic N) is 2. The third kappa shape index (κ3) is 0.964. The molecule has 1 unspecified atom stereocenters. The largest absolute Gasteiger partial charge is 0.296 e. The first-order valence-electron chi connectivity index (χ1n) is 4.86. The molecule has 0 aromatic rings. The number of rotatable bonds is 2. The zero-order valence-corrected chi connectivity index (χ0v) is 7.88. The van der Waals surface area contributed by atoms with Gasteiger partial charge < -0.3 is 0 Å². The summed E-state index contributed by atoms with van der Waals surface area (Å²) >= 11 is 0. The molecule has 1 saturated carbocycles. The predicted octanol–water partition coefficient (Wildman–Crippen LogP) is 1.77. The van der Waals surface area contributed by atoms with Crippen LogP contribution in [0.25, 0.3) is 0 Å². The van der Waals surface area contributed by atoms with Crippen LogP contribution in [-0.2, 0) is 0 Å². The average Bonchev–Trinajstić information content (AvgIpc) is 2.65. The molecule has 0 bridgehead atoms. The summed E-state index contributed by atoms with van der Waals surface area (Å²) in [6, 6.07) is 3.70. The summed E-state index contributed by atoms with van der Waals surface area (Å²) in [6.07, 6.45) is 3.51. The molecule has 2 aliphatic rings. The normalized spacial score (nSPS) is 32.7. The van der Waals surface area contributed by atoms with E-state index in [1.807, 2.05) is 0 Å². The molecule has 1 aliphatic carbocycles. The van der Waals surface area contributed by atoms with E-state index in [-0.39, 0.29) is 5.41 Å². The molecule has 0 aromatic carbocycles. The molecular formula is C10H16N2. The van der Waals surface area contributed by atoms with Gasteiger partial charge in [0, 0.05) is 18.6 Å². The van der Waals surface area contributed by atoms with Crippen molar-refractivity contribution in [2.75, 3.05) is 6.54 Å². The second-order valence-electron chi connectivity index (χ2n) is 4.40. The topological polar surface area (TPSA) is 27.0 Å². The van der Waals surface area contributed by atoms with Crippen molar-refractivity contribution in [3.63, 3.8) is 0 Å². The van der Waals surface area contributed by atoms with Crippen molar-refractivity contribution in [2.45, 2.75) is 45.2 Å². The Morgan fingerprint density at radius 1 is 1.50 bits per heavy atom. The maximum atomic E-state index is 9.01. The first kappa shape index (κ1) is 8.07. The molecule has 66 valence electrons. The molecule has 0 amide bonds. The number of hydrogen-bond donors (Lipinski definition) is 0. The van der Waals surface area contributed by atoms with Gasteiger partial charge in [-0.2, -0.15) is 5.26 Å². The summed E-state index contributed by atoms with van der Waals surface area (Å²) in [5, 5.41) is 9.01. The van der Waals surface area contributed by atoms with E-state index in [1.54, 1.807) is 0 Å². The second-order valence-corrected chi connectivity index (χ2v) is 4.40. The quantitative estimate of drug-likeness (QED) is 0.622. The Labute approximate surface area is 74.2 Å². The van der Waals surface area contributed by atoms with Gasteiger partial charge in [0.25, 0.3) is 0 Å². The van der Waals surface area contributed by atoms with Crippen molar-refractivity contribution in [3.05, 3.63) is 0 Å². The molecule has 2 fully saturated rings. The van der Waals surface area contributed by atoms with Crippen LogP contribution in [0.15, 0.2) is 0 Å². The first-order chi connectivity index (χ1) is 5.69. The van der Waals surface area contributed by atoms with Crippen LogP contribution in [0.4, 0.5) is 0 Å². The minimum atomic E-state index is 0.0719. The maximum Gasteiger partial charge on any atom is 0.0730 e. The molecule has 0 N–H and O–H groups in total. The minimum Gasteiger partial charge on any atom is -0.296 e. The van der Waals surface area contributed by atoms with Gasteiger partial charge in [-0.05, 0) is 33.1 Å². The van der Waals surface area contributed by atoms with E-state index in [0.29, 0.717) is 12.1 Å². The molecule has 0 aromatic heterocycles. The van der Waals surface area contributed by atoms with Crippen molar-refractivity contribution in [1.82, 2.24) is 4.90 Å². The predicted molar refractivity (Wildman–Crippen MR) is 47.5 cm³/mol. The Kier molecular flexibility index (Phi) is 1.66. The van der Waals surface area contributed by atoms with E-state index in [9.17, 15) is 0 Å². The van der Waals surface area contributed by atoms with Crippen LogP contribution >= 0.6 is 0 Å². The Balaban J connectivity index is 2.03. The Bertz CT molecular complexity index is 222. The molecule has 1 saturated heterocycles. The van der Waals surface area contributed by atoms with Gasteiger partial charge in [-0.1, -0.05) is 0 Å². The zero-order valence-electron chi connectivity index (χ0n) is 7.88. The molecule has 1 aliphatic heterocycles. The van der Waals surface area contributed by atoms with E-state index in [2.05, 4.69) is 24.8 Å². The summed E-state index contributed by atoms with van der Waals surface area (Å²) in [4.78, 5) is 2.47. The highest BCUT2D eigenvalue weighted by Crippen LogP contribution is 2.53. The van der Waals surface area contributed by atoms with E-state index in [4.69, 9.17) is 5.26 Å². The SMILES string of the molecule is CC(C)N1CCC1C1(C#N)CC1. The Hall–Kier alpha value is -0.550. The Morgan fingerprint density at radius 2 is 2.17 bits per heavy atom. The van der Waals surface area contributed by atoms with E-state index in [1.165, 1.54) is 13.0 Å². The minimum absolute atomic E-state index is 0.0719. The van der Waals surface area contributed by atoms with Crippen LogP contribution in [0.2, 0.25) is 0 Å². The van der Waals surface area contributed by atoms with Gasteiger partial charge in [0.15, 0.2) is 0 Å². The highest BCUT2D eigenvalue weighted by atomic mass is 15.2. The second kappa shape index (κ2) is 2.47. The van der Waals surface area contributed by atoms with Gasteiger partial charge in [-0.3, -0.25) is 4.90 Å². The number of likely N-dealkylation sites (tertiary alicyclic amines) is 1. The van der Waals surface area contributed by atoms with E-state index < -0.39 is 0 Å². The third-order valence-corrected chi connectivity index (χ3v) is 3.37. The third-order valence-electron chi connectivity index (χ3n) is 3.37. The van der Waals surface area contributed by atoms with Gasteiger partial charge in [0.2, 0.25) is 0 Å². The summed E-state index contributed by atoms with van der Waals surface area (Å²) in [5.74, 6) is 0. The van der Waals surface area contributed by atoms with Crippen LogP contribution in [0.5, 0.6) is 0 Å². The van der Waals surface area contributed by atoms with Crippen LogP contribution in [0, 0.1) is 16.7 Å². The number of nitriles is 1. The van der Waals surface area contributed by atoms with Gasteiger partial charge >= 0.3 is 0 Å². The zero-order chi connectivity index (χ0) is 8.77. The highest BCUT2D eigenvalue weighted by Gasteiger charge is 2.55. The fourth-order valence-corrected chi connectivity index (χ4v) is 2.27. The monoisotopic (exact) mass is 164 g/mol. The van der Waals surface area contributed by atoms with Crippen LogP contribution < -0.4 is 0 Å². The first-order valence-corrected chi connectivity index (χ1v) is 4.86. The fraction of sp³-hybridized carbons (Fsp3) is 0.900. The van der Waals surface area contributed by atoms with Crippen molar-refractivity contribution < 1.29 is 0 Å². The van der Waals surface area contributed by atoms with Crippen molar-refractivity contribution in [2.24, 2.45) is 5.41 Å². The van der Waals surface area contributed by atoms with Crippen LogP contribution in [0.3, 0.4) is 0 Å². The van der Waals surface area contributed by atoms with Crippen molar-refractivity contribution >= 4 is 0 Å². The molecule has 0 spiro atoms. The van der Waals surface area contributed by atoms with Gasteiger partial charge in [0.05, 0.1) is 11.5 Å². The van der Waals surface area contributed by atoms with Crippen molar-refractivity contribution in [3.8, 4) is 6.07 Å². The lowest BCUT2D eigenvalue weighted by atomic mass is 9.86. The molecule has 1 atom stereocenters. The molecule has 1 heterocycles.